The maximum absolute atomic E-state index is 15.3. The molecule has 3 heterocycles. The van der Waals surface area contributed by atoms with Gasteiger partial charge in [0.1, 0.15) is 32.0 Å². The zero-order valence-electron chi connectivity index (χ0n) is 21.1. The Bertz CT molecular complexity index is 1820. The minimum Gasteiger partial charge on any atom is -0.412 e. The minimum absolute atomic E-state index is 0. The fourth-order valence-electron chi connectivity index (χ4n) is 4.97. The molecule has 1 unspecified atom stereocenters. The molecule has 0 amide bonds. The third-order valence-electron chi connectivity index (χ3n) is 6.90. The van der Waals surface area contributed by atoms with E-state index in [0.29, 0.717) is 22.8 Å². The third kappa shape index (κ3) is 5.01. The van der Waals surface area contributed by atoms with Crippen LogP contribution in [0.3, 0.4) is 0 Å². The smallest absolute Gasteiger partial charge is 0.215 e. The van der Waals surface area contributed by atoms with Gasteiger partial charge in [-0.3, -0.25) is 4.72 Å². The number of nitrogens with zero attached hydrogens (tertiary/aromatic N) is 3. The normalized spacial score (nSPS) is 14.7. The van der Waals surface area contributed by atoms with Gasteiger partial charge in [0.25, 0.3) is 0 Å². The molecule has 1 fully saturated rings. The molecule has 3 aromatic heterocycles. The lowest BCUT2D eigenvalue weighted by Crippen LogP contribution is -2.05. The van der Waals surface area contributed by atoms with Crippen molar-refractivity contribution in [2.45, 2.75) is 45.0 Å². The standard InChI is InChI=1S/C27H24FN5O3S3.H2O/c28-21-14-17(20-15-33(18-6-4-5-7-18)27-25(20)26(29)30-16-31-27)10-11-22(21)32-38(34)23-12-13-24(37-23)39(35,36)19-8-2-1-3-9-19;/h1-3,8-16,18,32H,4-7H2,(H2,29,30,31);1H2. The number of halogens is 1. The number of nitrogens with one attached hydrogen (secondary N) is 1. The summed E-state index contributed by atoms with van der Waals surface area (Å²) in [5.41, 5.74) is 8.31. The number of anilines is 2. The molecule has 0 spiro atoms. The van der Waals surface area contributed by atoms with E-state index in [1.165, 1.54) is 42.7 Å². The molecule has 1 atom stereocenters. The number of rotatable bonds is 7. The summed E-state index contributed by atoms with van der Waals surface area (Å²) in [5.74, 6) is -0.277. The van der Waals surface area contributed by atoms with Crippen molar-refractivity contribution < 1.29 is 22.5 Å². The molecule has 0 bridgehead atoms. The number of aromatic nitrogens is 3. The number of thiophene rings is 1. The van der Waals surface area contributed by atoms with Crippen LogP contribution in [0.25, 0.3) is 22.2 Å². The number of sulfone groups is 1. The Balaban J connectivity index is 0.00000323. The lowest BCUT2D eigenvalue weighted by molar-refractivity contribution is 0.532. The summed E-state index contributed by atoms with van der Waals surface area (Å²) < 4.78 is 59.1. The Morgan fingerprint density at radius 1 is 1.05 bits per heavy atom. The van der Waals surface area contributed by atoms with Crippen LogP contribution in [0.1, 0.15) is 31.7 Å². The van der Waals surface area contributed by atoms with Gasteiger partial charge in [0, 0.05) is 17.8 Å². The zero-order valence-corrected chi connectivity index (χ0v) is 23.5. The van der Waals surface area contributed by atoms with Gasteiger partial charge in [0.15, 0.2) is 11.0 Å². The molecule has 208 valence electrons. The lowest BCUT2D eigenvalue weighted by atomic mass is 10.1. The minimum atomic E-state index is -3.74. The fraction of sp³-hybridized carbons (Fsp3) is 0.185. The predicted octanol–water partition coefficient (Wildman–Crippen LogP) is 5.14. The lowest BCUT2D eigenvalue weighted by Gasteiger charge is -2.12. The number of hydrogen-bond acceptors (Lipinski definition) is 7. The van der Waals surface area contributed by atoms with E-state index < -0.39 is 26.6 Å². The molecule has 5 aromatic rings. The second-order valence-electron chi connectivity index (χ2n) is 9.30. The molecule has 2 aromatic carbocycles. The van der Waals surface area contributed by atoms with Crippen molar-refractivity contribution in [2.24, 2.45) is 0 Å². The Hall–Kier alpha value is -3.65. The monoisotopic (exact) mass is 599 g/mol. The Morgan fingerprint density at radius 3 is 2.52 bits per heavy atom. The highest BCUT2D eigenvalue weighted by molar-refractivity contribution is 7.94. The van der Waals surface area contributed by atoms with Crippen molar-refractivity contribution in [1.29, 1.82) is 0 Å². The Kier molecular flexibility index (Phi) is 7.73. The van der Waals surface area contributed by atoms with Crippen LogP contribution in [-0.4, -0.2) is 32.6 Å². The molecule has 1 aliphatic rings. The van der Waals surface area contributed by atoms with Crippen molar-refractivity contribution in [1.82, 2.24) is 14.5 Å². The molecule has 0 saturated heterocycles. The molecular formula is C27H26FN5O4S3. The van der Waals surface area contributed by atoms with Crippen LogP contribution in [0, 0.1) is 5.82 Å². The van der Waals surface area contributed by atoms with E-state index in [0.717, 1.165) is 48.2 Å². The molecular weight excluding hydrogens is 574 g/mol. The number of hydrogen-bond donors (Lipinski definition) is 2. The average molecular weight is 600 g/mol. The van der Waals surface area contributed by atoms with Crippen molar-refractivity contribution in [3.8, 4) is 11.1 Å². The van der Waals surface area contributed by atoms with Crippen molar-refractivity contribution in [3.63, 3.8) is 0 Å². The first-order chi connectivity index (χ1) is 18.8. The second kappa shape index (κ2) is 11.1. The fourth-order valence-corrected chi connectivity index (χ4v) is 8.94. The van der Waals surface area contributed by atoms with Gasteiger partial charge in [0.2, 0.25) is 9.84 Å². The topological polar surface area (TPSA) is 151 Å². The maximum atomic E-state index is 15.3. The summed E-state index contributed by atoms with van der Waals surface area (Å²) in [5, 5.41) is 0.679. The summed E-state index contributed by atoms with van der Waals surface area (Å²) in [6.07, 6.45) is 7.80. The first kappa shape index (κ1) is 27.9. The van der Waals surface area contributed by atoms with Crippen LogP contribution >= 0.6 is 11.3 Å². The van der Waals surface area contributed by atoms with Crippen LogP contribution in [0.5, 0.6) is 0 Å². The summed E-state index contributed by atoms with van der Waals surface area (Å²) in [7, 11) is -5.60. The summed E-state index contributed by atoms with van der Waals surface area (Å²) >= 11 is 0.882. The van der Waals surface area contributed by atoms with E-state index >= 15 is 4.39 Å². The number of nitrogen functional groups attached to an aromatic ring is 1. The molecule has 0 aliphatic heterocycles. The largest absolute Gasteiger partial charge is 0.412 e. The molecule has 5 N–H and O–H groups in total. The van der Waals surface area contributed by atoms with Gasteiger partial charge >= 0.3 is 0 Å². The van der Waals surface area contributed by atoms with E-state index in [9.17, 15) is 12.6 Å². The quantitative estimate of drug-likeness (QED) is 0.264. The second-order valence-corrected chi connectivity index (χ2v) is 14.0. The summed E-state index contributed by atoms with van der Waals surface area (Å²) in [6.45, 7) is 0. The highest BCUT2D eigenvalue weighted by Crippen LogP contribution is 2.39. The number of benzene rings is 2. The highest BCUT2D eigenvalue weighted by Gasteiger charge is 2.24. The van der Waals surface area contributed by atoms with Gasteiger partial charge in [-0.05, 0) is 54.8 Å². The van der Waals surface area contributed by atoms with E-state index in [4.69, 9.17) is 5.73 Å². The first-order valence-electron chi connectivity index (χ1n) is 12.3. The predicted molar refractivity (Wildman–Crippen MR) is 155 cm³/mol. The van der Waals surface area contributed by atoms with E-state index in [2.05, 4.69) is 19.3 Å². The first-order valence-corrected chi connectivity index (χ1v) is 15.8. The molecule has 0 radical (unpaired) electrons. The van der Waals surface area contributed by atoms with Crippen LogP contribution in [0.15, 0.2) is 86.5 Å². The number of fused-ring (bicyclic) bond motifs is 1. The molecule has 9 nitrogen and oxygen atoms in total. The van der Waals surface area contributed by atoms with Crippen LogP contribution < -0.4 is 10.5 Å². The van der Waals surface area contributed by atoms with Gasteiger partial charge < -0.3 is 15.8 Å². The Morgan fingerprint density at radius 2 is 1.80 bits per heavy atom. The van der Waals surface area contributed by atoms with E-state index in [1.807, 2.05) is 6.20 Å². The zero-order chi connectivity index (χ0) is 27.1. The van der Waals surface area contributed by atoms with Gasteiger partial charge in [-0.2, -0.15) is 0 Å². The molecule has 1 saturated carbocycles. The molecule has 13 heteroatoms. The molecule has 6 rings (SSSR count). The number of nitrogens with two attached hydrogens (primary N) is 1. The van der Waals surface area contributed by atoms with Crippen LogP contribution in [-0.2, 0) is 20.8 Å². The van der Waals surface area contributed by atoms with Crippen LogP contribution in [0.4, 0.5) is 15.9 Å². The molecule has 1 aliphatic carbocycles. The SMILES string of the molecule is Nc1ncnc2c1c(-c1ccc(NS(=O)c3ccc(S(=O)(=O)c4ccccc4)s3)c(F)c1)cn2C1CCCC1.O. The van der Waals surface area contributed by atoms with E-state index in [-0.39, 0.29) is 24.5 Å². The van der Waals surface area contributed by atoms with Gasteiger partial charge in [-0.1, -0.05) is 37.1 Å². The van der Waals surface area contributed by atoms with Gasteiger partial charge in [-0.25, -0.2) is 27.0 Å². The Labute approximate surface area is 236 Å². The highest BCUT2D eigenvalue weighted by atomic mass is 32.3. The average Bonchev–Trinajstić information content (AvgIpc) is 3.70. The molecule has 40 heavy (non-hydrogen) atoms. The van der Waals surface area contributed by atoms with Gasteiger partial charge in [0.05, 0.1) is 16.0 Å². The third-order valence-corrected chi connectivity index (χ3v) is 11.6. The van der Waals surface area contributed by atoms with Gasteiger partial charge in [-0.15, -0.1) is 11.3 Å². The van der Waals surface area contributed by atoms with Crippen molar-refractivity contribution >= 4 is 54.7 Å². The van der Waals surface area contributed by atoms with Crippen LogP contribution in [0.2, 0.25) is 0 Å². The maximum Gasteiger partial charge on any atom is 0.215 e. The van der Waals surface area contributed by atoms with E-state index in [1.54, 1.807) is 24.3 Å². The summed E-state index contributed by atoms with van der Waals surface area (Å²) in [6, 6.07) is 15.8. The van der Waals surface area contributed by atoms with Crippen molar-refractivity contribution in [3.05, 3.63) is 79.0 Å². The van der Waals surface area contributed by atoms with Crippen molar-refractivity contribution in [2.75, 3.05) is 10.5 Å². The summed E-state index contributed by atoms with van der Waals surface area (Å²) in [4.78, 5) is 8.77.